The van der Waals surface area contributed by atoms with Gasteiger partial charge in [0.05, 0.1) is 17.9 Å². The quantitative estimate of drug-likeness (QED) is 0.223. The number of fused-ring (bicyclic) bond motifs is 2. The van der Waals surface area contributed by atoms with Crippen LogP contribution in [0, 0.1) is 25.6 Å². The van der Waals surface area contributed by atoms with Crippen LogP contribution < -0.4 is 9.64 Å². The number of benzene rings is 1. The Hall–Kier alpha value is -3.65. The van der Waals surface area contributed by atoms with Crippen molar-refractivity contribution >= 4 is 34.5 Å². The van der Waals surface area contributed by atoms with Crippen molar-refractivity contribution in [3.63, 3.8) is 0 Å². The molecule has 1 atom stereocenters. The van der Waals surface area contributed by atoms with E-state index in [-0.39, 0.29) is 5.75 Å². The lowest BCUT2D eigenvalue weighted by Crippen LogP contribution is -2.48. The smallest absolute Gasteiger partial charge is 0.337 e. The Morgan fingerprint density at radius 1 is 1.12 bits per heavy atom. The average molecular weight is 707 g/mol. The second kappa shape index (κ2) is 13.8. The number of pyridine rings is 1. The number of halogens is 1. The van der Waals surface area contributed by atoms with E-state index in [1.54, 1.807) is 6.92 Å². The molecule has 7 rings (SSSR count). The van der Waals surface area contributed by atoms with Gasteiger partial charge in [0.2, 0.25) is 5.95 Å². The van der Waals surface area contributed by atoms with E-state index in [9.17, 15) is 9.90 Å². The van der Waals surface area contributed by atoms with Crippen molar-refractivity contribution in [1.82, 2.24) is 23.8 Å². The number of carbonyl (C=O) groups is 1. The fourth-order valence-corrected chi connectivity index (χ4v) is 8.39. The number of hydrogen-bond donors (Lipinski definition) is 1. The number of anilines is 1. The van der Waals surface area contributed by atoms with Crippen molar-refractivity contribution < 1.29 is 28.5 Å². The van der Waals surface area contributed by atoms with Crippen LogP contribution in [0.4, 0.5) is 10.3 Å². The van der Waals surface area contributed by atoms with Crippen molar-refractivity contribution in [1.29, 1.82) is 0 Å². The second-order valence-corrected chi connectivity index (χ2v) is 15.5. The molecule has 4 aromatic rings. The van der Waals surface area contributed by atoms with Crippen LogP contribution in [0.1, 0.15) is 68.5 Å². The van der Waals surface area contributed by atoms with Gasteiger partial charge in [-0.25, -0.2) is 14.2 Å². The fourth-order valence-electron chi connectivity index (χ4n) is 7.65. The molecule has 0 radical (unpaired) electrons. The van der Waals surface area contributed by atoms with Gasteiger partial charge < -0.3 is 28.8 Å². The van der Waals surface area contributed by atoms with Crippen molar-refractivity contribution in [2.75, 3.05) is 57.4 Å². The topological polar surface area (TPSA) is 115 Å². The van der Waals surface area contributed by atoms with Gasteiger partial charge in [-0.3, -0.25) is 4.90 Å². The molecule has 13 heteroatoms. The summed E-state index contributed by atoms with van der Waals surface area (Å²) in [5.41, 5.74) is 4.45. The summed E-state index contributed by atoms with van der Waals surface area (Å²) >= 11 is 1.33. The standard InChI is InChI=1S/C37H47FN6O5S/c1-21-24-8-7-15-48-31(24)27(38)18-25(21)30-26-19-28(42(6)33(26)39-22(2)29(30)32(35(45)46)49-37(3,4)5)34-40-36(41-50-34)44-13-11-43(12-14-44)20-23-9-16-47-17-10-23/h18-19,23,32H,7-17,20H2,1-6H3,(H,45,46)/t32-/m0/s1. The maximum absolute atomic E-state index is 15.8. The highest BCUT2D eigenvalue weighted by Gasteiger charge is 2.35. The number of nitrogens with zero attached hydrogens (tertiary/aromatic N) is 6. The van der Waals surface area contributed by atoms with Crippen molar-refractivity contribution in [2.24, 2.45) is 13.0 Å². The Bertz CT molecular complexity index is 1900. The number of carboxylic acids is 1. The predicted molar refractivity (Wildman–Crippen MR) is 192 cm³/mol. The van der Waals surface area contributed by atoms with E-state index in [1.807, 2.05) is 45.4 Å². The Balaban J connectivity index is 1.29. The summed E-state index contributed by atoms with van der Waals surface area (Å²) in [7, 11) is 1.93. The molecule has 0 aliphatic carbocycles. The van der Waals surface area contributed by atoms with Gasteiger partial charge in [0, 0.05) is 80.8 Å². The van der Waals surface area contributed by atoms with Crippen molar-refractivity contribution in [2.45, 2.75) is 72.0 Å². The van der Waals surface area contributed by atoms with Crippen LogP contribution in [0.2, 0.25) is 0 Å². The first-order valence-electron chi connectivity index (χ1n) is 17.6. The molecule has 2 saturated heterocycles. The molecule has 0 amide bonds. The molecule has 3 aliphatic heterocycles. The molecular weight excluding hydrogens is 660 g/mol. The van der Waals surface area contributed by atoms with Gasteiger partial charge in [0.1, 0.15) is 5.65 Å². The van der Waals surface area contributed by atoms with Gasteiger partial charge in [0.25, 0.3) is 0 Å². The highest BCUT2D eigenvalue weighted by molar-refractivity contribution is 7.09. The Morgan fingerprint density at radius 3 is 2.56 bits per heavy atom. The van der Waals surface area contributed by atoms with Crippen LogP contribution in [0.5, 0.6) is 5.75 Å². The molecule has 1 N–H and O–H groups in total. The minimum absolute atomic E-state index is 0.279. The summed E-state index contributed by atoms with van der Waals surface area (Å²) in [4.78, 5) is 27.7. The van der Waals surface area contributed by atoms with Crippen LogP contribution in [0.3, 0.4) is 0 Å². The Labute approximate surface area is 296 Å². The van der Waals surface area contributed by atoms with Gasteiger partial charge in [-0.2, -0.15) is 9.36 Å². The summed E-state index contributed by atoms with van der Waals surface area (Å²) in [6.07, 6.45) is 2.39. The zero-order valence-corrected chi connectivity index (χ0v) is 30.7. The number of carboxylic acid groups (broad SMARTS) is 1. The molecule has 268 valence electrons. The number of rotatable bonds is 8. The number of hydrogen-bond acceptors (Lipinski definition) is 10. The number of aliphatic carboxylic acids is 1. The number of ether oxygens (including phenoxy) is 3. The van der Waals surface area contributed by atoms with E-state index in [4.69, 9.17) is 28.6 Å². The molecule has 2 fully saturated rings. The Morgan fingerprint density at radius 2 is 1.86 bits per heavy atom. The molecule has 11 nitrogen and oxygen atoms in total. The minimum Gasteiger partial charge on any atom is -0.490 e. The van der Waals surface area contributed by atoms with E-state index in [2.05, 4.69) is 9.80 Å². The van der Waals surface area contributed by atoms with Crippen LogP contribution in [-0.2, 0) is 27.7 Å². The van der Waals surface area contributed by atoms with Gasteiger partial charge >= 0.3 is 5.97 Å². The molecule has 0 spiro atoms. The monoisotopic (exact) mass is 706 g/mol. The Kier molecular flexibility index (Phi) is 9.61. The van der Waals surface area contributed by atoms with Crippen molar-refractivity contribution in [3.05, 3.63) is 40.3 Å². The van der Waals surface area contributed by atoms with Crippen LogP contribution in [0.15, 0.2) is 12.1 Å². The lowest BCUT2D eigenvalue weighted by Gasteiger charge is -2.36. The zero-order chi connectivity index (χ0) is 35.3. The molecular formula is C37H47FN6O5S. The molecule has 0 bridgehead atoms. The zero-order valence-electron chi connectivity index (χ0n) is 29.8. The molecule has 0 saturated carbocycles. The molecule has 50 heavy (non-hydrogen) atoms. The summed E-state index contributed by atoms with van der Waals surface area (Å²) in [6.45, 7) is 16.2. The van der Waals surface area contributed by atoms with Gasteiger partial charge in [-0.15, -0.1) is 0 Å². The van der Waals surface area contributed by atoms with Gasteiger partial charge in [-0.1, -0.05) is 0 Å². The van der Waals surface area contributed by atoms with Crippen LogP contribution in [-0.4, -0.2) is 93.0 Å². The summed E-state index contributed by atoms with van der Waals surface area (Å²) in [5.74, 6) is 0.0940. The van der Waals surface area contributed by atoms with Gasteiger partial charge in [-0.05, 0) is 101 Å². The maximum Gasteiger partial charge on any atom is 0.337 e. The minimum atomic E-state index is -1.33. The summed E-state index contributed by atoms with van der Waals surface area (Å²) < 4.78 is 40.1. The van der Waals surface area contributed by atoms with Gasteiger partial charge in [0.15, 0.2) is 22.7 Å². The number of piperazine rings is 1. The number of aromatic nitrogens is 4. The molecule has 6 heterocycles. The van der Waals surface area contributed by atoms with E-state index in [0.717, 1.165) is 87.0 Å². The first kappa shape index (κ1) is 34.8. The lowest BCUT2D eigenvalue weighted by molar-refractivity contribution is -0.160. The molecule has 3 aliphatic rings. The fraction of sp³-hybridized carbons (Fsp3) is 0.568. The van der Waals surface area contributed by atoms with Crippen LogP contribution >= 0.6 is 11.5 Å². The summed E-state index contributed by atoms with van der Waals surface area (Å²) in [6, 6.07) is 3.46. The largest absolute Gasteiger partial charge is 0.490 e. The molecule has 0 unspecified atom stereocenters. The molecule has 1 aromatic carbocycles. The third-order valence-electron chi connectivity index (χ3n) is 10.2. The van der Waals surface area contributed by atoms with E-state index < -0.39 is 23.5 Å². The van der Waals surface area contributed by atoms with E-state index in [1.165, 1.54) is 17.6 Å². The second-order valence-electron chi connectivity index (χ2n) is 14.8. The normalized spacial score (nSPS) is 18.3. The average Bonchev–Trinajstić information content (AvgIpc) is 3.70. The molecule has 3 aromatic heterocycles. The first-order chi connectivity index (χ1) is 23.9. The van der Waals surface area contributed by atoms with E-state index in [0.29, 0.717) is 58.3 Å². The number of aryl methyl sites for hydroxylation is 2. The predicted octanol–water partition coefficient (Wildman–Crippen LogP) is 6.33. The maximum atomic E-state index is 15.8. The van der Waals surface area contributed by atoms with Crippen molar-refractivity contribution in [3.8, 4) is 27.6 Å². The SMILES string of the molecule is Cc1nc2c(cc(-c3nc(N4CCN(CC5CCOCC5)CC4)ns3)n2C)c(-c2cc(F)c3c(c2C)CCCO3)c1[C@H](OC(C)(C)C)C(=O)O. The third kappa shape index (κ3) is 6.72. The van der Waals surface area contributed by atoms with Crippen LogP contribution in [0.25, 0.3) is 32.9 Å². The van der Waals surface area contributed by atoms with E-state index >= 15 is 4.39 Å². The highest BCUT2D eigenvalue weighted by Crippen LogP contribution is 2.45. The lowest BCUT2D eigenvalue weighted by atomic mass is 9.86. The third-order valence-corrected chi connectivity index (χ3v) is 10.9. The summed E-state index contributed by atoms with van der Waals surface area (Å²) in [5, 5.41) is 12.0. The first-order valence-corrected chi connectivity index (χ1v) is 18.4. The highest BCUT2D eigenvalue weighted by atomic mass is 32.1.